The Kier molecular flexibility index (Phi) is 4.10. The van der Waals surface area contributed by atoms with Crippen LogP contribution in [-0.2, 0) is 20.0 Å². The Balaban J connectivity index is 2.07. The summed E-state index contributed by atoms with van der Waals surface area (Å²) in [6, 6.07) is 6.24. The summed E-state index contributed by atoms with van der Waals surface area (Å²) in [5, 5.41) is 7.86. The first-order chi connectivity index (χ1) is 9.13. The molecule has 1 heterocycles. The molecule has 0 amide bonds. The van der Waals surface area contributed by atoms with E-state index >= 15 is 0 Å². The molecule has 1 N–H and O–H groups in total. The highest BCUT2D eigenvalue weighted by Gasteiger charge is 2.06. The number of aryl methyl sites for hydroxylation is 3. The Morgan fingerprint density at radius 2 is 2.16 bits per heavy atom. The summed E-state index contributed by atoms with van der Waals surface area (Å²) in [4.78, 5) is 0. The van der Waals surface area contributed by atoms with E-state index in [0.29, 0.717) is 0 Å². The molecular weight excluding hydrogens is 238 g/mol. The van der Waals surface area contributed by atoms with Gasteiger partial charge in [-0.2, -0.15) is 5.10 Å². The second-order valence-corrected chi connectivity index (χ2v) is 4.67. The molecule has 0 saturated carbocycles. The van der Waals surface area contributed by atoms with Crippen molar-refractivity contribution in [2.45, 2.75) is 26.8 Å². The van der Waals surface area contributed by atoms with Crippen LogP contribution in [-0.4, -0.2) is 16.9 Å². The van der Waals surface area contributed by atoms with Crippen molar-refractivity contribution in [3.63, 3.8) is 0 Å². The number of ether oxygens (including phenoxy) is 1. The molecule has 2 rings (SSSR count). The SMILES string of the molecule is CCc1nn(C)cc1NCc1ccc(OC)c(C)c1. The maximum Gasteiger partial charge on any atom is 0.121 e. The van der Waals surface area contributed by atoms with Gasteiger partial charge in [-0.05, 0) is 30.5 Å². The number of rotatable bonds is 5. The van der Waals surface area contributed by atoms with Crippen LogP contribution in [0.1, 0.15) is 23.7 Å². The molecule has 0 aliphatic carbocycles. The maximum absolute atomic E-state index is 5.27. The number of aromatic nitrogens is 2. The third-order valence-corrected chi connectivity index (χ3v) is 3.18. The molecule has 0 aliphatic heterocycles. The normalized spacial score (nSPS) is 10.5. The summed E-state index contributed by atoms with van der Waals surface area (Å²) in [5.74, 6) is 0.930. The Morgan fingerprint density at radius 3 is 2.79 bits per heavy atom. The summed E-state index contributed by atoms with van der Waals surface area (Å²) in [6.07, 6.45) is 2.96. The minimum absolute atomic E-state index is 0.795. The van der Waals surface area contributed by atoms with Gasteiger partial charge in [-0.25, -0.2) is 0 Å². The zero-order valence-corrected chi connectivity index (χ0v) is 12.0. The minimum atomic E-state index is 0.795. The quantitative estimate of drug-likeness (QED) is 0.897. The van der Waals surface area contributed by atoms with E-state index in [0.717, 1.165) is 35.7 Å². The van der Waals surface area contributed by atoms with E-state index < -0.39 is 0 Å². The maximum atomic E-state index is 5.27. The number of benzene rings is 1. The number of anilines is 1. The lowest BCUT2D eigenvalue weighted by Gasteiger charge is -2.09. The van der Waals surface area contributed by atoms with Gasteiger partial charge >= 0.3 is 0 Å². The molecule has 0 aliphatic rings. The highest BCUT2D eigenvalue weighted by molar-refractivity contribution is 5.47. The van der Waals surface area contributed by atoms with Crippen molar-refractivity contribution in [2.75, 3.05) is 12.4 Å². The van der Waals surface area contributed by atoms with Gasteiger partial charge in [0.2, 0.25) is 0 Å². The first kappa shape index (κ1) is 13.5. The predicted octanol–water partition coefficient (Wildman–Crippen LogP) is 2.91. The van der Waals surface area contributed by atoms with E-state index in [-0.39, 0.29) is 0 Å². The zero-order valence-electron chi connectivity index (χ0n) is 12.0. The van der Waals surface area contributed by atoms with E-state index in [9.17, 15) is 0 Å². The van der Waals surface area contributed by atoms with Crippen LogP contribution in [0.3, 0.4) is 0 Å². The molecule has 19 heavy (non-hydrogen) atoms. The van der Waals surface area contributed by atoms with Gasteiger partial charge in [-0.15, -0.1) is 0 Å². The largest absolute Gasteiger partial charge is 0.496 e. The molecule has 4 nitrogen and oxygen atoms in total. The van der Waals surface area contributed by atoms with Gasteiger partial charge in [0.15, 0.2) is 0 Å². The lowest BCUT2D eigenvalue weighted by molar-refractivity contribution is 0.411. The van der Waals surface area contributed by atoms with Crippen molar-refractivity contribution in [3.8, 4) is 5.75 Å². The highest BCUT2D eigenvalue weighted by atomic mass is 16.5. The van der Waals surface area contributed by atoms with Gasteiger partial charge in [0.1, 0.15) is 5.75 Å². The summed E-state index contributed by atoms with van der Waals surface area (Å²) in [5.41, 5.74) is 4.61. The first-order valence-corrected chi connectivity index (χ1v) is 6.54. The molecule has 2 aromatic rings. The molecule has 0 radical (unpaired) electrons. The first-order valence-electron chi connectivity index (χ1n) is 6.54. The van der Waals surface area contributed by atoms with Crippen molar-refractivity contribution in [3.05, 3.63) is 41.2 Å². The molecule has 0 fully saturated rings. The third-order valence-electron chi connectivity index (χ3n) is 3.18. The Labute approximate surface area is 114 Å². The Bertz CT molecular complexity index is 561. The van der Waals surface area contributed by atoms with Crippen LogP contribution in [0, 0.1) is 6.92 Å². The number of hydrogen-bond donors (Lipinski definition) is 1. The zero-order chi connectivity index (χ0) is 13.8. The van der Waals surface area contributed by atoms with Gasteiger partial charge in [-0.3, -0.25) is 4.68 Å². The highest BCUT2D eigenvalue weighted by Crippen LogP contribution is 2.20. The molecule has 0 unspecified atom stereocenters. The molecule has 0 spiro atoms. The molecule has 1 aromatic carbocycles. The Hall–Kier alpha value is -1.97. The van der Waals surface area contributed by atoms with E-state index in [1.807, 2.05) is 24.0 Å². The van der Waals surface area contributed by atoms with Gasteiger partial charge < -0.3 is 10.1 Å². The van der Waals surface area contributed by atoms with Gasteiger partial charge in [-0.1, -0.05) is 19.1 Å². The number of nitrogens with zero attached hydrogens (tertiary/aromatic N) is 2. The smallest absolute Gasteiger partial charge is 0.121 e. The third kappa shape index (κ3) is 3.08. The van der Waals surface area contributed by atoms with Gasteiger partial charge in [0, 0.05) is 19.8 Å². The summed E-state index contributed by atoms with van der Waals surface area (Å²) >= 11 is 0. The monoisotopic (exact) mass is 259 g/mol. The molecule has 0 bridgehead atoms. The van der Waals surface area contributed by atoms with Crippen molar-refractivity contribution < 1.29 is 4.74 Å². The van der Waals surface area contributed by atoms with Crippen LogP contribution in [0.25, 0.3) is 0 Å². The molecule has 0 atom stereocenters. The number of methoxy groups -OCH3 is 1. The van der Waals surface area contributed by atoms with E-state index in [2.05, 4.69) is 36.4 Å². The van der Waals surface area contributed by atoms with Crippen LogP contribution in [0.4, 0.5) is 5.69 Å². The van der Waals surface area contributed by atoms with Crippen LogP contribution in [0.2, 0.25) is 0 Å². The van der Waals surface area contributed by atoms with E-state index in [1.165, 1.54) is 5.56 Å². The molecule has 1 aromatic heterocycles. The van der Waals surface area contributed by atoms with Crippen LogP contribution in [0.5, 0.6) is 5.75 Å². The van der Waals surface area contributed by atoms with Crippen LogP contribution < -0.4 is 10.1 Å². The second-order valence-electron chi connectivity index (χ2n) is 4.67. The fourth-order valence-electron chi connectivity index (χ4n) is 2.19. The van der Waals surface area contributed by atoms with Crippen molar-refractivity contribution >= 4 is 5.69 Å². The number of nitrogens with one attached hydrogen (secondary N) is 1. The standard InChI is InChI=1S/C15H21N3O/c1-5-13-14(10-18(3)17-13)16-9-12-6-7-15(19-4)11(2)8-12/h6-8,10,16H,5,9H2,1-4H3. The predicted molar refractivity (Wildman–Crippen MR) is 77.6 cm³/mol. The van der Waals surface area contributed by atoms with Crippen molar-refractivity contribution in [1.29, 1.82) is 0 Å². The van der Waals surface area contributed by atoms with E-state index in [1.54, 1.807) is 7.11 Å². The van der Waals surface area contributed by atoms with Crippen molar-refractivity contribution in [2.24, 2.45) is 7.05 Å². The molecular formula is C15H21N3O. The topological polar surface area (TPSA) is 39.1 Å². The van der Waals surface area contributed by atoms with Gasteiger partial charge in [0.25, 0.3) is 0 Å². The summed E-state index contributed by atoms with van der Waals surface area (Å²) < 4.78 is 7.12. The molecule has 0 saturated heterocycles. The fourth-order valence-corrected chi connectivity index (χ4v) is 2.19. The van der Waals surface area contributed by atoms with Gasteiger partial charge in [0.05, 0.1) is 18.5 Å². The summed E-state index contributed by atoms with van der Waals surface area (Å²) in [6.45, 7) is 4.97. The fraction of sp³-hybridized carbons (Fsp3) is 0.400. The molecule has 102 valence electrons. The minimum Gasteiger partial charge on any atom is -0.496 e. The second kappa shape index (κ2) is 5.78. The van der Waals surface area contributed by atoms with Crippen LogP contribution >= 0.6 is 0 Å². The van der Waals surface area contributed by atoms with Crippen LogP contribution in [0.15, 0.2) is 24.4 Å². The average molecular weight is 259 g/mol. The van der Waals surface area contributed by atoms with E-state index in [4.69, 9.17) is 4.74 Å². The molecule has 4 heteroatoms. The number of hydrogen-bond acceptors (Lipinski definition) is 3. The lowest BCUT2D eigenvalue weighted by atomic mass is 10.1. The Morgan fingerprint density at radius 1 is 1.37 bits per heavy atom. The average Bonchev–Trinajstić information content (AvgIpc) is 2.77. The summed E-state index contributed by atoms with van der Waals surface area (Å²) in [7, 11) is 3.64. The lowest BCUT2D eigenvalue weighted by Crippen LogP contribution is -2.01. The van der Waals surface area contributed by atoms with Crippen molar-refractivity contribution in [1.82, 2.24) is 9.78 Å².